The van der Waals surface area contributed by atoms with Crippen LogP contribution in [0.25, 0.3) is 43.8 Å². The van der Waals surface area contributed by atoms with Crippen LogP contribution in [0, 0.1) is 276 Å². The number of carbonyl (C=O) groups is 4. The summed E-state index contributed by atoms with van der Waals surface area (Å²) in [6, 6.07) is 13.2. The van der Waals surface area contributed by atoms with Gasteiger partial charge in [0.2, 0.25) is 17.8 Å². The Labute approximate surface area is 836 Å². The number of fused-ring (bicyclic) bond motifs is 2. The third-order valence-corrected chi connectivity index (χ3v) is 18.7. The number of phenolic OH excluding ortho intramolecular Hbond substituents is 1. The number of alkyl halides is 1. The second-order valence-corrected chi connectivity index (χ2v) is 24.2. The monoisotopic (exact) mass is 2810 g/mol. The number of aliphatic hydroxyl groups is 6. The normalized spacial score (nSPS) is 19.2. The van der Waals surface area contributed by atoms with Crippen LogP contribution in [0.5, 0.6) is 69.0 Å². The first-order chi connectivity index (χ1) is 47.2. The molecule has 2 fully saturated rings. The van der Waals surface area contributed by atoms with Crippen LogP contribution in [-0.2, 0) is 18.9 Å². The van der Waals surface area contributed by atoms with Crippen LogP contribution in [-0.4, -0.2) is 205 Å². The zero-order valence-electron chi connectivity index (χ0n) is 62.5. The Hall–Kier alpha value is 0.529. The Kier molecular flexibility index (Phi) is 50.4. The minimum atomic E-state index is -1.74. The predicted molar refractivity (Wildman–Crippen MR) is 369 cm³/mol. The number of hydrogen-bond acceptors (Lipinski definition) is 26. The Morgan fingerprint density at radius 2 is 0.762 bits per heavy atom. The minimum Gasteiger partial charge on any atom is -0.507 e. The van der Waals surface area contributed by atoms with Crippen molar-refractivity contribution in [2.45, 2.75) is 140 Å². The molecule has 2 aliphatic heterocycles. The van der Waals surface area contributed by atoms with E-state index in [-0.39, 0.29) is 385 Å². The van der Waals surface area contributed by atoms with E-state index in [1.807, 2.05) is 27.7 Å². The second kappa shape index (κ2) is 50.1. The molecule has 33 heteroatoms. The van der Waals surface area contributed by atoms with E-state index in [9.17, 15) is 49.8 Å². The number of methoxy groups -OCH3 is 12. The standard InChI is InChI=1S/C36H46O13.C30H36O9.C6H11BrO4.6Ac/c1-10-18(11-2)14-21(37)27-28(35(41)47-9)25(19-12-13-22(42-4)23(15-19)43-5)26-20(16-24(44-6)33(45-7)34(26)46-8)32(27)49-36-31(40)30(39)29(38)17(3)48-36;1-9-16(10-2)13-19(31)25-26(30(33)39-8)23(17-11-12-20(34-3)21(14-17)35-4)24-18(27(25)32)15-22(36-5)28(37-6)29(24)38-7;1-2-3(8)4(9)5(10)6(7)11-2;;;;;;/h12-13,15-18,29-31,36,38-40H,10-11,14H2,1-9H3;11-12,14-16,32H,9-10,13H2,1-8H3;2-6,8-10H,1H3;;;;;;/t17-,29-,30+,31-,36+;;2-,3-,4+,5-,6+;;;;;;/m1.1....../s1. The van der Waals surface area contributed by atoms with E-state index in [2.05, 4.69) is 15.9 Å². The second-order valence-electron chi connectivity index (χ2n) is 23.3. The van der Waals surface area contributed by atoms with Gasteiger partial charge < -0.3 is 107 Å². The van der Waals surface area contributed by atoms with Crippen molar-refractivity contribution < 1.29 is 390 Å². The Balaban J connectivity index is 0.00000173. The number of aliphatic hydroxyl groups excluding tert-OH is 6. The van der Waals surface area contributed by atoms with Gasteiger partial charge in [0.1, 0.15) is 53.1 Å². The van der Waals surface area contributed by atoms with Gasteiger partial charge in [-0.2, -0.15) is 0 Å². The van der Waals surface area contributed by atoms with Crippen molar-refractivity contribution in [1.82, 2.24) is 0 Å². The summed E-state index contributed by atoms with van der Waals surface area (Å²) < 4.78 is 84.0. The summed E-state index contributed by atoms with van der Waals surface area (Å²) >= 11 is 3.02. The van der Waals surface area contributed by atoms with Crippen LogP contribution in [0.3, 0.4) is 0 Å². The fourth-order valence-electron chi connectivity index (χ4n) is 12.1. The topological polar surface area (TPSA) is 348 Å². The molecule has 105 heavy (non-hydrogen) atoms. The van der Waals surface area contributed by atoms with E-state index < -0.39 is 77.9 Å². The van der Waals surface area contributed by atoms with E-state index in [4.69, 9.17) is 76.2 Å². The number of Topliss-reactive ketones (excluding diaryl/α,β-unsaturated/α-hetero) is 2. The van der Waals surface area contributed by atoms with Crippen LogP contribution < -0.4 is 52.1 Å². The van der Waals surface area contributed by atoms with Gasteiger partial charge in [-0.1, -0.05) is 81.4 Å². The number of esters is 2. The van der Waals surface area contributed by atoms with Crippen molar-refractivity contribution in [3.8, 4) is 91.2 Å². The maximum atomic E-state index is 14.6. The molecule has 6 aromatic carbocycles. The summed E-state index contributed by atoms with van der Waals surface area (Å²) in [5.41, 5.74) is 0.956. The fraction of sp³-hybridized carbons (Fsp3) is 0.500. The molecule has 0 aliphatic carbocycles. The zero-order valence-corrected chi connectivity index (χ0v) is 92.6. The van der Waals surface area contributed by atoms with Gasteiger partial charge in [0.15, 0.2) is 57.6 Å². The zero-order chi connectivity index (χ0) is 73.6. The van der Waals surface area contributed by atoms with Gasteiger partial charge in [-0.3, -0.25) is 9.59 Å². The van der Waals surface area contributed by atoms with Gasteiger partial charge in [-0.15, -0.1) is 0 Å². The number of benzene rings is 6. The molecular formula is C72H93Ac6BrO26. The van der Waals surface area contributed by atoms with Crippen molar-refractivity contribution >= 4 is 61.0 Å². The summed E-state index contributed by atoms with van der Waals surface area (Å²) in [6.45, 7) is 11.1. The molecule has 7 N–H and O–H groups in total. The Morgan fingerprint density at radius 1 is 0.410 bits per heavy atom. The van der Waals surface area contributed by atoms with Gasteiger partial charge in [0.05, 0.1) is 120 Å². The summed E-state index contributed by atoms with van der Waals surface area (Å²) in [5.74, 6) is -0.0970. The van der Waals surface area contributed by atoms with Gasteiger partial charge in [-0.25, -0.2) is 9.59 Å². The molecule has 0 amide bonds. The van der Waals surface area contributed by atoms with Gasteiger partial charge in [-0.05, 0) is 73.2 Å². The summed E-state index contributed by atoms with van der Waals surface area (Å²) in [5, 5.41) is 71.7. The number of aromatic hydroxyl groups is 1. The molecular weight excluding hydrogens is 2720 g/mol. The molecule has 6 aromatic rings. The van der Waals surface area contributed by atoms with Crippen LogP contribution in [0.2, 0.25) is 0 Å². The van der Waals surface area contributed by atoms with Gasteiger partial charge in [0.25, 0.3) is 0 Å². The molecule has 0 unspecified atom stereocenters. The molecule has 0 spiro atoms. The van der Waals surface area contributed by atoms with E-state index in [0.717, 1.165) is 12.8 Å². The molecule has 8 rings (SSSR count). The number of carbonyl (C=O) groups excluding carboxylic acids is 4. The number of ether oxygens (including phenoxy) is 15. The summed E-state index contributed by atoms with van der Waals surface area (Å²) in [6.07, 6.45) is -7.91. The molecule has 0 saturated carbocycles. The molecule has 0 aromatic heterocycles. The van der Waals surface area contributed by atoms with Crippen molar-refractivity contribution in [3.63, 3.8) is 0 Å². The summed E-state index contributed by atoms with van der Waals surface area (Å²) in [4.78, 5) is 56.0. The fourth-order valence-corrected chi connectivity index (χ4v) is 12.8. The van der Waals surface area contributed by atoms with Crippen LogP contribution in [0.15, 0.2) is 48.5 Å². The molecule has 6 radical (unpaired) electrons. The molecule has 10 atom stereocenters. The van der Waals surface area contributed by atoms with Crippen molar-refractivity contribution in [3.05, 3.63) is 70.8 Å². The number of ketones is 2. The first-order valence-corrected chi connectivity index (χ1v) is 32.9. The van der Waals surface area contributed by atoms with Crippen molar-refractivity contribution in [2.24, 2.45) is 11.8 Å². The molecule has 2 saturated heterocycles. The van der Waals surface area contributed by atoms with E-state index in [1.54, 1.807) is 55.5 Å². The summed E-state index contributed by atoms with van der Waals surface area (Å²) in [7, 11) is 17.0. The molecule has 0 bridgehead atoms. The van der Waals surface area contributed by atoms with E-state index in [1.165, 1.54) is 92.2 Å². The quantitative estimate of drug-likeness (QED) is 0.0151. The molecule has 2 heterocycles. The SMILES string of the molecule is CCC(CC)CC(=O)c1c(C(=O)OC)c(-c2ccc(OC)c(OC)c2)c2c(OC)c(OC)c(OC)cc2c1O.CCC(CC)CC(=O)c1c(C(=O)OC)c(-c2ccc(OC)c(OC)c2)c2c(OC)c(OC)c(OC)cc2c1O[C@@H]1O[C@H](C)[C@@H](O)[C@H](O)[C@H]1O.C[C@H]1O[C@H](Br)[C@H](O)[C@@H](O)[C@@H]1O.[Ac].[Ac].[Ac].[Ac].[Ac].[Ac]. The maximum absolute atomic E-state index is 14.6. The van der Waals surface area contributed by atoms with Crippen LogP contribution >= 0.6 is 15.9 Å². The first kappa shape index (κ1) is 106. The largest absolute Gasteiger partial charge is 0.507 e. The number of halogens is 1. The first-order valence-electron chi connectivity index (χ1n) is 32.0. The number of phenols is 1. The maximum Gasteiger partial charge on any atom is 0.339 e. The smallest absolute Gasteiger partial charge is 0.339 e. The Morgan fingerprint density at radius 3 is 1.13 bits per heavy atom. The van der Waals surface area contributed by atoms with Crippen LogP contribution in [0.1, 0.15) is 121 Å². The van der Waals surface area contributed by atoms with Crippen molar-refractivity contribution in [1.29, 1.82) is 0 Å². The van der Waals surface area contributed by atoms with Gasteiger partial charge >= 0.3 is 11.9 Å². The molecule has 562 valence electrons. The third kappa shape index (κ3) is 23.9. The number of rotatable bonds is 26. The average molecular weight is 2820 g/mol. The molecule has 2 aliphatic rings. The number of hydrogen-bond donors (Lipinski definition) is 7. The average Bonchev–Trinajstić information content (AvgIpc) is 0.725. The van der Waals surface area contributed by atoms with E-state index in [0.29, 0.717) is 57.9 Å². The van der Waals surface area contributed by atoms with Crippen molar-refractivity contribution in [2.75, 3.05) is 85.3 Å². The van der Waals surface area contributed by atoms with Crippen LogP contribution in [0.4, 0.5) is 0 Å². The van der Waals surface area contributed by atoms with E-state index >= 15 is 0 Å². The third-order valence-electron chi connectivity index (χ3n) is 17.9. The Bertz CT molecular complexity index is 3830. The van der Waals surface area contributed by atoms with Gasteiger partial charge in [0, 0.05) is 310 Å². The molecule has 26 nitrogen and oxygen atoms in total. The predicted octanol–water partition coefficient (Wildman–Crippen LogP) is 9.81. The minimum absolute atomic E-state index is 0.